The molecular formula is C13H12F3NOS. The minimum atomic E-state index is -4.43. The molecule has 2 aromatic rings. The van der Waals surface area contributed by atoms with Gasteiger partial charge in [-0.3, -0.25) is 4.98 Å². The van der Waals surface area contributed by atoms with Gasteiger partial charge in [0.05, 0.1) is 12.8 Å². The molecule has 2 heterocycles. The Balaban J connectivity index is 2.07. The Kier molecular flexibility index (Phi) is 4.09. The van der Waals surface area contributed by atoms with Crippen molar-refractivity contribution in [1.29, 1.82) is 0 Å². The maximum atomic E-state index is 12.8. The highest BCUT2D eigenvalue weighted by molar-refractivity contribution is 7.07. The van der Waals surface area contributed by atoms with Crippen LogP contribution in [0, 0.1) is 6.92 Å². The fraction of sp³-hybridized carbons (Fsp3) is 0.308. The predicted molar refractivity (Wildman–Crippen MR) is 67.5 cm³/mol. The Hall–Kier alpha value is -1.56. The van der Waals surface area contributed by atoms with E-state index in [9.17, 15) is 13.2 Å². The number of hydrogen-bond acceptors (Lipinski definition) is 3. The van der Waals surface area contributed by atoms with Crippen LogP contribution in [0.15, 0.2) is 29.1 Å². The van der Waals surface area contributed by atoms with E-state index in [0.717, 1.165) is 17.8 Å². The van der Waals surface area contributed by atoms with Crippen LogP contribution in [0.25, 0.3) is 0 Å². The van der Waals surface area contributed by atoms with Gasteiger partial charge < -0.3 is 4.74 Å². The van der Waals surface area contributed by atoms with Crippen molar-refractivity contribution in [2.75, 3.05) is 6.61 Å². The first kappa shape index (κ1) is 13.9. The molecule has 0 aromatic carbocycles. The second kappa shape index (κ2) is 5.61. The highest BCUT2D eigenvalue weighted by Crippen LogP contribution is 2.36. The summed E-state index contributed by atoms with van der Waals surface area (Å²) in [4.78, 5) is 3.85. The third-order valence-corrected chi connectivity index (χ3v) is 3.27. The molecule has 0 bridgehead atoms. The van der Waals surface area contributed by atoms with Gasteiger partial charge in [0.2, 0.25) is 0 Å². The van der Waals surface area contributed by atoms with Gasteiger partial charge in [0, 0.05) is 12.1 Å². The number of rotatable bonds is 4. The molecule has 2 nitrogen and oxygen atoms in total. The molecule has 102 valence electrons. The molecule has 0 aliphatic carbocycles. The van der Waals surface area contributed by atoms with Crippen molar-refractivity contribution in [1.82, 2.24) is 4.98 Å². The Labute approximate surface area is 112 Å². The molecule has 0 amide bonds. The largest absolute Gasteiger partial charge is 0.491 e. The zero-order valence-electron chi connectivity index (χ0n) is 10.2. The number of hydrogen-bond donors (Lipinski definition) is 0. The summed E-state index contributed by atoms with van der Waals surface area (Å²) < 4.78 is 43.7. The Morgan fingerprint density at radius 1 is 1.37 bits per heavy atom. The lowest BCUT2D eigenvalue weighted by atomic mass is 10.2. The zero-order chi connectivity index (χ0) is 13.9. The SMILES string of the molecule is Cc1cc(C(F)(F)F)c(OCCc2ccsc2)cn1. The first-order valence-electron chi connectivity index (χ1n) is 5.64. The van der Waals surface area contributed by atoms with Gasteiger partial charge in [0.25, 0.3) is 0 Å². The summed E-state index contributed by atoms with van der Waals surface area (Å²) in [5.41, 5.74) is 0.599. The van der Waals surface area contributed by atoms with Crippen LogP contribution < -0.4 is 4.74 Å². The van der Waals surface area contributed by atoms with Gasteiger partial charge in [-0.05, 0) is 35.4 Å². The molecule has 0 unspecified atom stereocenters. The van der Waals surface area contributed by atoms with Crippen LogP contribution in [-0.2, 0) is 12.6 Å². The van der Waals surface area contributed by atoms with Crippen LogP contribution in [-0.4, -0.2) is 11.6 Å². The second-order valence-corrected chi connectivity index (χ2v) is 4.83. The maximum absolute atomic E-state index is 12.8. The van der Waals surface area contributed by atoms with E-state index in [4.69, 9.17) is 4.74 Å². The molecule has 0 N–H and O–H groups in total. The fourth-order valence-electron chi connectivity index (χ4n) is 1.60. The summed E-state index contributed by atoms with van der Waals surface area (Å²) in [5, 5.41) is 3.87. The van der Waals surface area contributed by atoms with Crippen molar-refractivity contribution < 1.29 is 17.9 Å². The molecule has 0 saturated carbocycles. The van der Waals surface area contributed by atoms with Gasteiger partial charge in [-0.15, -0.1) is 0 Å². The molecule has 0 fully saturated rings. The Morgan fingerprint density at radius 3 is 2.79 bits per heavy atom. The molecular weight excluding hydrogens is 275 g/mol. The first-order chi connectivity index (χ1) is 8.97. The number of aryl methyl sites for hydroxylation is 1. The van der Waals surface area contributed by atoms with Gasteiger partial charge in [-0.25, -0.2) is 0 Å². The van der Waals surface area contributed by atoms with E-state index >= 15 is 0 Å². The fourth-order valence-corrected chi connectivity index (χ4v) is 2.30. The molecule has 0 saturated heterocycles. The topological polar surface area (TPSA) is 22.1 Å². The van der Waals surface area contributed by atoms with Crippen LogP contribution in [0.1, 0.15) is 16.8 Å². The van der Waals surface area contributed by atoms with Crippen LogP contribution >= 0.6 is 11.3 Å². The van der Waals surface area contributed by atoms with Crippen LogP contribution in [0.2, 0.25) is 0 Å². The highest BCUT2D eigenvalue weighted by Gasteiger charge is 2.34. The van der Waals surface area contributed by atoms with Crippen LogP contribution in [0.5, 0.6) is 5.75 Å². The van der Waals surface area contributed by atoms with Crippen molar-refractivity contribution in [3.8, 4) is 5.75 Å². The standard InChI is InChI=1S/C13H12F3NOS/c1-9-6-11(13(14,15)16)12(7-17-9)18-4-2-10-3-5-19-8-10/h3,5-8H,2,4H2,1H3. The number of nitrogens with zero attached hydrogens (tertiary/aromatic N) is 1. The summed E-state index contributed by atoms with van der Waals surface area (Å²) in [6, 6.07) is 2.92. The molecule has 2 rings (SSSR count). The van der Waals surface area contributed by atoms with Crippen molar-refractivity contribution in [3.05, 3.63) is 45.9 Å². The molecule has 0 aliphatic heterocycles. The van der Waals surface area contributed by atoms with E-state index in [-0.39, 0.29) is 12.4 Å². The summed E-state index contributed by atoms with van der Waals surface area (Å²) in [6.45, 7) is 1.72. The minimum absolute atomic E-state index is 0.199. The van der Waals surface area contributed by atoms with E-state index in [1.165, 1.54) is 6.92 Å². The molecule has 19 heavy (non-hydrogen) atoms. The molecule has 0 spiro atoms. The highest BCUT2D eigenvalue weighted by atomic mass is 32.1. The third-order valence-electron chi connectivity index (χ3n) is 2.54. The molecule has 0 aliphatic rings. The predicted octanol–water partition coefficient (Wildman–Crippen LogP) is 4.09. The quantitative estimate of drug-likeness (QED) is 0.845. The first-order valence-corrected chi connectivity index (χ1v) is 6.59. The van der Waals surface area contributed by atoms with Gasteiger partial charge in [-0.2, -0.15) is 24.5 Å². The van der Waals surface area contributed by atoms with E-state index in [2.05, 4.69) is 4.98 Å². The monoisotopic (exact) mass is 287 g/mol. The van der Waals surface area contributed by atoms with E-state index in [1.54, 1.807) is 11.3 Å². The van der Waals surface area contributed by atoms with Crippen LogP contribution in [0.3, 0.4) is 0 Å². The Bertz CT molecular complexity index is 537. The third kappa shape index (κ3) is 3.70. The van der Waals surface area contributed by atoms with Crippen molar-refractivity contribution in [3.63, 3.8) is 0 Å². The summed E-state index contributed by atoms with van der Waals surface area (Å²) in [5.74, 6) is -0.215. The number of aromatic nitrogens is 1. The van der Waals surface area contributed by atoms with Crippen molar-refractivity contribution >= 4 is 11.3 Å². The Morgan fingerprint density at radius 2 is 2.16 bits per heavy atom. The summed E-state index contributed by atoms with van der Waals surface area (Å²) in [7, 11) is 0. The summed E-state index contributed by atoms with van der Waals surface area (Å²) in [6.07, 6.45) is -2.72. The molecule has 6 heteroatoms. The van der Waals surface area contributed by atoms with Crippen molar-refractivity contribution in [2.45, 2.75) is 19.5 Å². The molecule has 0 atom stereocenters. The van der Waals surface area contributed by atoms with Gasteiger partial charge in [0.1, 0.15) is 11.3 Å². The summed E-state index contributed by atoms with van der Waals surface area (Å²) >= 11 is 1.55. The molecule has 2 aromatic heterocycles. The number of alkyl halides is 3. The van der Waals surface area contributed by atoms with E-state index in [1.807, 2.05) is 16.8 Å². The lowest BCUT2D eigenvalue weighted by Gasteiger charge is -2.13. The van der Waals surface area contributed by atoms with Gasteiger partial charge >= 0.3 is 6.18 Å². The van der Waals surface area contributed by atoms with Gasteiger partial charge in [0.15, 0.2) is 0 Å². The average molecular weight is 287 g/mol. The number of halogens is 3. The number of pyridine rings is 1. The smallest absolute Gasteiger partial charge is 0.420 e. The van der Waals surface area contributed by atoms with Crippen LogP contribution in [0.4, 0.5) is 13.2 Å². The maximum Gasteiger partial charge on any atom is 0.420 e. The van der Waals surface area contributed by atoms with Crippen molar-refractivity contribution in [2.24, 2.45) is 0 Å². The average Bonchev–Trinajstić information content (AvgIpc) is 2.83. The second-order valence-electron chi connectivity index (χ2n) is 4.05. The minimum Gasteiger partial charge on any atom is -0.491 e. The van der Waals surface area contributed by atoms with E-state index < -0.39 is 11.7 Å². The van der Waals surface area contributed by atoms with Gasteiger partial charge in [-0.1, -0.05) is 0 Å². The normalized spacial score (nSPS) is 11.6. The lowest BCUT2D eigenvalue weighted by Crippen LogP contribution is -2.11. The zero-order valence-corrected chi connectivity index (χ0v) is 11.0. The number of ether oxygens (including phenoxy) is 1. The molecule has 0 radical (unpaired) electrons. The lowest BCUT2D eigenvalue weighted by molar-refractivity contribution is -0.139. The van der Waals surface area contributed by atoms with E-state index in [0.29, 0.717) is 12.1 Å². The number of thiophene rings is 1.